The molecule has 3 heterocycles. The average Bonchev–Trinajstić information content (AvgIpc) is 3.64. The number of benzene rings is 3. The second kappa shape index (κ2) is 10.0. The number of furan rings is 1. The van der Waals surface area contributed by atoms with Crippen LogP contribution in [0.4, 0.5) is 5.69 Å². The molecule has 3 aromatic carbocycles. The quantitative estimate of drug-likeness (QED) is 0.257. The molecule has 0 unspecified atom stereocenters. The number of fused-ring (bicyclic) bond motifs is 2. The summed E-state index contributed by atoms with van der Waals surface area (Å²) in [4.78, 5) is 33.1. The smallest absolute Gasteiger partial charge is 0.253 e. The maximum atomic E-state index is 14.8. The number of ether oxygens (including phenoxy) is 1. The van der Waals surface area contributed by atoms with E-state index in [9.17, 15) is 9.59 Å². The Morgan fingerprint density at radius 2 is 1.77 bits per heavy atom. The molecule has 6 rings (SSSR count). The molecule has 1 aromatic heterocycles. The number of amides is 1. The summed E-state index contributed by atoms with van der Waals surface area (Å²) in [5, 5.41) is 0.596. The summed E-state index contributed by atoms with van der Waals surface area (Å²) in [6, 6.07) is 26.2. The molecule has 0 saturated carbocycles. The Bertz CT molecular complexity index is 1520. The molecule has 0 radical (unpaired) electrons. The molecule has 1 saturated heterocycles. The summed E-state index contributed by atoms with van der Waals surface area (Å²) in [5.41, 5.74) is 1.79. The zero-order chi connectivity index (χ0) is 27.1. The van der Waals surface area contributed by atoms with Gasteiger partial charge in [-0.05, 0) is 68.1 Å². The molecule has 1 amide bonds. The Hall–Kier alpha value is -3.87. The van der Waals surface area contributed by atoms with Crippen LogP contribution in [0.1, 0.15) is 40.1 Å². The first-order valence-corrected chi connectivity index (χ1v) is 13.5. The van der Waals surface area contributed by atoms with E-state index in [1.807, 2.05) is 79.5 Å². The Kier molecular flexibility index (Phi) is 6.53. The van der Waals surface area contributed by atoms with Crippen molar-refractivity contribution in [1.82, 2.24) is 4.90 Å². The summed E-state index contributed by atoms with van der Waals surface area (Å²) >= 11 is 6.52. The largest absolute Gasteiger partial charge is 0.494 e. The highest BCUT2D eigenvalue weighted by molar-refractivity contribution is 6.31. The summed E-state index contributed by atoms with van der Waals surface area (Å²) in [7, 11) is 1.93. The van der Waals surface area contributed by atoms with E-state index in [0.29, 0.717) is 41.8 Å². The first kappa shape index (κ1) is 25.4. The molecule has 0 bridgehead atoms. The molecule has 7 heteroatoms. The summed E-state index contributed by atoms with van der Waals surface area (Å²) in [6.45, 7) is 3.25. The number of likely N-dealkylation sites (N-methyl/N-ethyl adjacent to an activating group) is 1. The van der Waals surface area contributed by atoms with E-state index in [2.05, 4.69) is 0 Å². The number of carbonyl (C=O) groups is 2. The zero-order valence-corrected chi connectivity index (χ0v) is 22.6. The van der Waals surface area contributed by atoms with E-state index in [1.165, 1.54) is 0 Å². The maximum absolute atomic E-state index is 14.8. The molecule has 4 aromatic rings. The molecule has 6 nitrogen and oxygen atoms in total. The summed E-state index contributed by atoms with van der Waals surface area (Å²) < 4.78 is 11.5. The van der Waals surface area contributed by atoms with Crippen LogP contribution in [0.2, 0.25) is 5.02 Å². The van der Waals surface area contributed by atoms with Gasteiger partial charge in [-0.15, -0.1) is 0 Å². The standard InChI is InChI=1S/C32H29ClN2O4/c1-3-38-23-16-14-21(15-17-23)30(36)29-24(28-13-8-18-39-28)20-34(2)32(29)25-10-5-7-12-27(25)35(31(32)37)19-22-9-4-6-11-26(22)33/h4-18,24,29H,3,19-20H2,1-2H3/t24-,29+,32+/m1/s1. The highest BCUT2D eigenvalue weighted by atomic mass is 35.5. The number of halogens is 1. The first-order chi connectivity index (χ1) is 19.0. The van der Waals surface area contributed by atoms with Gasteiger partial charge in [-0.3, -0.25) is 14.5 Å². The number of likely N-dealkylation sites (tertiary alicyclic amines) is 1. The van der Waals surface area contributed by atoms with Gasteiger partial charge < -0.3 is 14.1 Å². The minimum absolute atomic E-state index is 0.105. The molecule has 3 atom stereocenters. The summed E-state index contributed by atoms with van der Waals surface area (Å²) in [6.07, 6.45) is 1.62. The normalized spacial score (nSPS) is 22.4. The number of rotatable bonds is 7. The second-order valence-corrected chi connectivity index (χ2v) is 10.5. The van der Waals surface area contributed by atoms with Crippen molar-refractivity contribution in [3.8, 4) is 5.75 Å². The van der Waals surface area contributed by atoms with E-state index in [0.717, 1.165) is 16.8 Å². The molecule has 2 aliphatic heterocycles. The Morgan fingerprint density at radius 3 is 2.49 bits per heavy atom. The van der Waals surface area contributed by atoms with E-state index in [4.69, 9.17) is 20.8 Å². The van der Waals surface area contributed by atoms with Gasteiger partial charge in [0, 0.05) is 34.3 Å². The lowest BCUT2D eigenvalue weighted by Gasteiger charge is -2.36. The van der Waals surface area contributed by atoms with Crippen LogP contribution in [0.15, 0.2) is 95.6 Å². The van der Waals surface area contributed by atoms with Crippen molar-refractivity contribution in [3.05, 3.63) is 119 Å². The molecule has 1 fully saturated rings. The SMILES string of the molecule is CCOc1ccc(C(=O)[C@@H]2[C@@H](c3ccco3)CN(C)[C@]23C(=O)N(Cc2ccccc2Cl)c2ccccc23)cc1. The molecule has 0 N–H and O–H groups in total. The second-order valence-electron chi connectivity index (χ2n) is 10.1. The van der Waals surface area contributed by atoms with Crippen molar-refractivity contribution >= 4 is 29.0 Å². The third-order valence-electron chi connectivity index (χ3n) is 8.03. The van der Waals surface area contributed by atoms with Gasteiger partial charge in [-0.2, -0.15) is 0 Å². The molecular formula is C32H29ClN2O4. The molecule has 39 heavy (non-hydrogen) atoms. The predicted octanol–water partition coefficient (Wildman–Crippen LogP) is 6.30. The van der Waals surface area contributed by atoms with Gasteiger partial charge in [0.05, 0.1) is 25.3 Å². The zero-order valence-electron chi connectivity index (χ0n) is 21.8. The van der Waals surface area contributed by atoms with Crippen molar-refractivity contribution in [2.45, 2.75) is 24.9 Å². The molecule has 2 aliphatic rings. The third-order valence-corrected chi connectivity index (χ3v) is 8.40. The van der Waals surface area contributed by atoms with Gasteiger partial charge in [-0.1, -0.05) is 48.0 Å². The number of Topliss-reactive ketones (excluding diaryl/α,β-unsaturated/α-hetero) is 1. The van der Waals surface area contributed by atoms with Crippen molar-refractivity contribution in [1.29, 1.82) is 0 Å². The number of hydrogen-bond acceptors (Lipinski definition) is 5. The fraction of sp³-hybridized carbons (Fsp3) is 0.250. The summed E-state index contributed by atoms with van der Waals surface area (Å²) in [5.74, 6) is 0.120. The first-order valence-electron chi connectivity index (χ1n) is 13.1. The Balaban J connectivity index is 1.50. The Labute approximate surface area is 232 Å². The fourth-order valence-corrected chi connectivity index (χ4v) is 6.54. The van der Waals surface area contributed by atoms with Crippen molar-refractivity contribution in [2.75, 3.05) is 25.1 Å². The van der Waals surface area contributed by atoms with Crippen LogP contribution in [0.3, 0.4) is 0 Å². The minimum Gasteiger partial charge on any atom is -0.494 e. The van der Waals surface area contributed by atoms with Gasteiger partial charge in [-0.25, -0.2) is 0 Å². The van der Waals surface area contributed by atoms with Crippen LogP contribution < -0.4 is 9.64 Å². The van der Waals surface area contributed by atoms with Gasteiger partial charge in [0.1, 0.15) is 17.0 Å². The highest BCUT2D eigenvalue weighted by Crippen LogP contribution is 2.57. The van der Waals surface area contributed by atoms with E-state index in [1.54, 1.807) is 35.4 Å². The van der Waals surface area contributed by atoms with Gasteiger partial charge in [0.25, 0.3) is 5.91 Å². The lowest BCUT2D eigenvalue weighted by molar-refractivity contribution is -0.129. The topological polar surface area (TPSA) is 63.0 Å². The predicted molar refractivity (Wildman–Crippen MR) is 150 cm³/mol. The van der Waals surface area contributed by atoms with Gasteiger partial charge in [0.2, 0.25) is 0 Å². The van der Waals surface area contributed by atoms with Crippen molar-refractivity contribution in [2.24, 2.45) is 5.92 Å². The lowest BCUT2D eigenvalue weighted by Crippen LogP contribution is -2.53. The Morgan fingerprint density at radius 1 is 1.03 bits per heavy atom. The van der Waals surface area contributed by atoms with Crippen molar-refractivity contribution < 1.29 is 18.7 Å². The monoisotopic (exact) mass is 540 g/mol. The van der Waals surface area contributed by atoms with Crippen LogP contribution in [-0.4, -0.2) is 36.8 Å². The van der Waals surface area contributed by atoms with E-state index in [-0.39, 0.29) is 17.6 Å². The number of para-hydroxylation sites is 1. The van der Waals surface area contributed by atoms with Crippen LogP contribution in [-0.2, 0) is 16.9 Å². The van der Waals surface area contributed by atoms with E-state index >= 15 is 0 Å². The van der Waals surface area contributed by atoms with Gasteiger partial charge >= 0.3 is 0 Å². The number of ketones is 1. The van der Waals surface area contributed by atoms with Gasteiger partial charge in [0.15, 0.2) is 5.78 Å². The van der Waals surface area contributed by atoms with Crippen molar-refractivity contribution in [3.63, 3.8) is 0 Å². The molecular weight excluding hydrogens is 512 g/mol. The molecule has 0 aliphatic carbocycles. The van der Waals surface area contributed by atoms with Crippen LogP contribution in [0.25, 0.3) is 0 Å². The molecule has 198 valence electrons. The van der Waals surface area contributed by atoms with Crippen LogP contribution in [0.5, 0.6) is 5.75 Å². The highest BCUT2D eigenvalue weighted by Gasteiger charge is 2.66. The fourth-order valence-electron chi connectivity index (χ4n) is 6.35. The van der Waals surface area contributed by atoms with Crippen LogP contribution >= 0.6 is 11.6 Å². The number of carbonyl (C=O) groups excluding carboxylic acids is 2. The number of anilines is 1. The maximum Gasteiger partial charge on any atom is 0.253 e. The molecule has 1 spiro atoms. The average molecular weight is 541 g/mol. The lowest BCUT2D eigenvalue weighted by atomic mass is 9.71. The third kappa shape index (κ3) is 3.98. The number of hydrogen-bond donors (Lipinski definition) is 0. The van der Waals surface area contributed by atoms with E-state index < -0.39 is 11.5 Å². The minimum atomic E-state index is -1.20. The number of nitrogens with zero attached hydrogens (tertiary/aromatic N) is 2. The van der Waals surface area contributed by atoms with Crippen LogP contribution in [0, 0.1) is 5.92 Å².